The van der Waals surface area contributed by atoms with Crippen LogP contribution in [0.2, 0.25) is 0 Å². The van der Waals surface area contributed by atoms with Gasteiger partial charge >= 0.3 is 0 Å². The monoisotopic (exact) mass is 222 g/mol. The Balaban J connectivity index is 2.37. The van der Waals surface area contributed by atoms with E-state index in [1.165, 1.54) is 0 Å². The number of hydrogen-bond acceptors (Lipinski definition) is 3. The molecule has 1 amide bonds. The third kappa shape index (κ3) is 4.31. The molecule has 1 rings (SSSR count). The Morgan fingerprint density at radius 2 is 1.94 bits per heavy atom. The predicted molar refractivity (Wildman–Crippen MR) is 63.6 cm³/mol. The number of benzene rings is 1. The van der Waals surface area contributed by atoms with Gasteiger partial charge in [-0.1, -0.05) is 12.1 Å². The summed E-state index contributed by atoms with van der Waals surface area (Å²) in [6, 6.07) is 7.51. The first-order valence-corrected chi connectivity index (χ1v) is 5.30. The van der Waals surface area contributed by atoms with Gasteiger partial charge in [0.1, 0.15) is 5.75 Å². The van der Waals surface area contributed by atoms with Crippen molar-refractivity contribution in [2.45, 2.75) is 6.42 Å². The summed E-state index contributed by atoms with van der Waals surface area (Å²) in [4.78, 5) is 11.5. The van der Waals surface area contributed by atoms with Crippen molar-refractivity contribution in [2.75, 3.05) is 27.2 Å². The molecule has 0 aromatic heterocycles. The third-order valence-corrected chi connectivity index (χ3v) is 2.22. The molecular weight excluding hydrogens is 204 g/mol. The number of rotatable bonds is 6. The molecule has 2 N–H and O–H groups in total. The van der Waals surface area contributed by atoms with Gasteiger partial charge in [0.05, 0.1) is 13.5 Å². The van der Waals surface area contributed by atoms with Gasteiger partial charge in [0.2, 0.25) is 5.91 Å². The Kier molecular flexibility index (Phi) is 5.36. The molecule has 16 heavy (non-hydrogen) atoms. The first kappa shape index (κ1) is 12.5. The summed E-state index contributed by atoms with van der Waals surface area (Å²) in [5, 5.41) is 5.80. The topological polar surface area (TPSA) is 50.4 Å². The van der Waals surface area contributed by atoms with Crippen LogP contribution in [0.5, 0.6) is 5.75 Å². The zero-order valence-corrected chi connectivity index (χ0v) is 9.75. The highest BCUT2D eigenvalue weighted by Crippen LogP contribution is 2.11. The molecular formula is C12H18N2O2. The summed E-state index contributed by atoms with van der Waals surface area (Å²) < 4.78 is 5.04. The fourth-order valence-electron chi connectivity index (χ4n) is 1.32. The molecule has 1 aromatic carbocycles. The predicted octanol–water partition coefficient (Wildman–Crippen LogP) is 0.573. The number of nitrogens with one attached hydrogen (secondary N) is 2. The van der Waals surface area contributed by atoms with Gasteiger partial charge in [0, 0.05) is 13.1 Å². The molecule has 0 spiro atoms. The molecule has 0 bridgehead atoms. The molecule has 4 nitrogen and oxygen atoms in total. The molecule has 0 aliphatic rings. The molecule has 0 saturated heterocycles. The van der Waals surface area contributed by atoms with Crippen LogP contribution >= 0.6 is 0 Å². The lowest BCUT2D eigenvalue weighted by atomic mass is 10.1. The maximum absolute atomic E-state index is 11.5. The van der Waals surface area contributed by atoms with Crippen molar-refractivity contribution >= 4 is 5.91 Å². The third-order valence-electron chi connectivity index (χ3n) is 2.22. The lowest BCUT2D eigenvalue weighted by molar-refractivity contribution is -0.120. The molecule has 0 radical (unpaired) electrons. The van der Waals surface area contributed by atoms with Crippen LogP contribution in [0.25, 0.3) is 0 Å². The molecule has 0 unspecified atom stereocenters. The van der Waals surface area contributed by atoms with E-state index in [4.69, 9.17) is 4.74 Å². The Hall–Kier alpha value is -1.55. The number of amides is 1. The number of hydrogen-bond donors (Lipinski definition) is 2. The highest BCUT2D eigenvalue weighted by atomic mass is 16.5. The molecule has 0 fully saturated rings. The van der Waals surface area contributed by atoms with E-state index in [0.717, 1.165) is 17.9 Å². The Morgan fingerprint density at radius 3 is 2.50 bits per heavy atom. The molecule has 0 atom stereocenters. The molecule has 0 aliphatic heterocycles. The van der Waals surface area contributed by atoms with Crippen LogP contribution in [-0.4, -0.2) is 33.2 Å². The van der Waals surface area contributed by atoms with Crippen LogP contribution in [0.1, 0.15) is 5.56 Å². The molecule has 88 valence electrons. The average molecular weight is 222 g/mol. The van der Waals surface area contributed by atoms with Gasteiger partial charge in [-0.3, -0.25) is 4.79 Å². The Bertz CT molecular complexity index is 322. The van der Waals surface area contributed by atoms with E-state index in [9.17, 15) is 4.79 Å². The second kappa shape index (κ2) is 6.85. The van der Waals surface area contributed by atoms with E-state index in [0.29, 0.717) is 13.0 Å². The highest BCUT2D eigenvalue weighted by Gasteiger charge is 2.02. The first-order valence-electron chi connectivity index (χ1n) is 5.30. The lowest BCUT2D eigenvalue weighted by Gasteiger charge is -2.05. The second-order valence-electron chi connectivity index (χ2n) is 3.48. The fourth-order valence-corrected chi connectivity index (χ4v) is 1.32. The van der Waals surface area contributed by atoms with Crippen LogP contribution in [0.15, 0.2) is 24.3 Å². The van der Waals surface area contributed by atoms with Crippen LogP contribution in [0.3, 0.4) is 0 Å². The largest absolute Gasteiger partial charge is 0.497 e. The Labute approximate surface area is 96.0 Å². The minimum absolute atomic E-state index is 0.0421. The van der Waals surface area contributed by atoms with E-state index in [2.05, 4.69) is 10.6 Å². The van der Waals surface area contributed by atoms with E-state index in [1.807, 2.05) is 31.3 Å². The minimum atomic E-state index is 0.0421. The number of likely N-dealkylation sites (N-methyl/N-ethyl adjacent to an activating group) is 1. The van der Waals surface area contributed by atoms with Crippen molar-refractivity contribution in [3.05, 3.63) is 29.8 Å². The SMILES string of the molecule is CNCCNC(=O)Cc1ccc(OC)cc1. The van der Waals surface area contributed by atoms with Crippen molar-refractivity contribution in [2.24, 2.45) is 0 Å². The summed E-state index contributed by atoms with van der Waals surface area (Å²) in [7, 11) is 3.48. The summed E-state index contributed by atoms with van der Waals surface area (Å²) in [5.74, 6) is 0.847. The molecule has 0 heterocycles. The first-order chi connectivity index (χ1) is 7.76. The van der Waals surface area contributed by atoms with Gasteiger partial charge in [-0.05, 0) is 24.7 Å². The van der Waals surface area contributed by atoms with E-state index in [-0.39, 0.29) is 5.91 Å². The van der Waals surface area contributed by atoms with Crippen molar-refractivity contribution in [3.63, 3.8) is 0 Å². The summed E-state index contributed by atoms with van der Waals surface area (Å²) in [6.45, 7) is 1.44. The molecule has 4 heteroatoms. The maximum atomic E-state index is 11.5. The summed E-state index contributed by atoms with van der Waals surface area (Å²) in [5.41, 5.74) is 0.989. The minimum Gasteiger partial charge on any atom is -0.497 e. The van der Waals surface area contributed by atoms with Crippen molar-refractivity contribution in [1.82, 2.24) is 10.6 Å². The van der Waals surface area contributed by atoms with Crippen LogP contribution in [0.4, 0.5) is 0 Å². The van der Waals surface area contributed by atoms with Crippen LogP contribution < -0.4 is 15.4 Å². The van der Waals surface area contributed by atoms with Gasteiger partial charge in [0.15, 0.2) is 0 Å². The number of carbonyl (C=O) groups excluding carboxylic acids is 1. The lowest BCUT2D eigenvalue weighted by Crippen LogP contribution is -2.31. The molecule has 1 aromatic rings. The van der Waals surface area contributed by atoms with Crippen LogP contribution in [-0.2, 0) is 11.2 Å². The van der Waals surface area contributed by atoms with Gasteiger partial charge in [-0.15, -0.1) is 0 Å². The quantitative estimate of drug-likeness (QED) is 0.692. The molecule has 0 saturated carbocycles. The van der Waals surface area contributed by atoms with Gasteiger partial charge in [0.25, 0.3) is 0 Å². The van der Waals surface area contributed by atoms with Crippen molar-refractivity contribution in [1.29, 1.82) is 0 Å². The van der Waals surface area contributed by atoms with E-state index >= 15 is 0 Å². The van der Waals surface area contributed by atoms with Crippen LogP contribution in [0, 0.1) is 0 Å². The van der Waals surface area contributed by atoms with Gasteiger partial charge < -0.3 is 15.4 Å². The average Bonchev–Trinajstić information content (AvgIpc) is 2.30. The second-order valence-corrected chi connectivity index (χ2v) is 3.48. The number of methoxy groups -OCH3 is 1. The van der Waals surface area contributed by atoms with Crippen molar-refractivity contribution < 1.29 is 9.53 Å². The zero-order valence-electron chi connectivity index (χ0n) is 9.75. The maximum Gasteiger partial charge on any atom is 0.224 e. The van der Waals surface area contributed by atoms with Gasteiger partial charge in [-0.25, -0.2) is 0 Å². The van der Waals surface area contributed by atoms with E-state index < -0.39 is 0 Å². The number of carbonyl (C=O) groups is 1. The standard InChI is InChI=1S/C12H18N2O2/c1-13-7-8-14-12(15)9-10-3-5-11(16-2)6-4-10/h3-6,13H,7-9H2,1-2H3,(H,14,15). The number of ether oxygens (including phenoxy) is 1. The summed E-state index contributed by atoms with van der Waals surface area (Å²) in [6.07, 6.45) is 0.410. The summed E-state index contributed by atoms with van der Waals surface area (Å²) >= 11 is 0. The van der Waals surface area contributed by atoms with E-state index in [1.54, 1.807) is 7.11 Å². The molecule has 0 aliphatic carbocycles. The normalized spacial score (nSPS) is 9.88. The zero-order chi connectivity index (χ0) is 11.8. The highest BCUT2D eigenvalue weighted by molar-refractivity contribution is 5.78. The smallest absolute Gasteiger partial charge is 0.224 e. The Morgan fingerprint density at radius 1 is 1.25 bits per heavy atom. The fraction of sp³-hybridized carbons (Fsp3) is 0.417. The van der Waals surface area contributed by atoms with Gasteiger partial charge in [-0.2, -0.15) is 0 Å². The van der Waals surface area contributed by atoms with Crippen molar-refractivity contribution in [3.8, 4) is 5.75 Å².